The van der Waals surface area contributed by atoms with Crippen molar-refractivity contribution in [1.82, 2.24) is 0 Å². The van der Waals surface area contributed by atoms with E-state index >= 15 is 0 Å². The number of hydrogen-bond donors (Lipinski definition) is 0. The summed E-state index contributed by atoms with van der Waals surface area (Å²) < 4.78 is 0. The largest absolute Gasteiger partial charge is 0.303 e. The number of rotatable bonds is 2. The summed E-state index contributed by atoms with van der Waals surface area (Å²) in [7, 11) is 0. The van der Waals surface area contributed by atoms with Crippen molar-refractivity contribution in [2.45, 2.75) is 12.8 Å². The molecule has 2 aliphatic rings. The molecule has 0 N–H and O–H groups in total. The minimum absolute atomic E-state index is 0.0486. The number of Topliss-reactive ketones (excluding diaryl/α,β-unsaturated/α-hetero) is 1. The van der Waals surface area contributed by atoms with Gasteiger partial charge in [-0.15, -0.1) is 0 Å². The van der Waals surface area contributed by atoms with Crippen molar-refractivity contribution < 1.29 is 9.59 Å². The molecule has 0 unspecified atom stereocenters. The summed E-state index contributed by atoms with van der Waals surface area (Å²) >= 11 is 0. The van der Waals surface area contributed by atoms with E-state index in [4.69, 9.17) is 0 Å². The number of hydrogen-bond acceptors (Lipinski definition) is 2. The topological polar surface area (TPSA) is 34.1 Å². The summed E-state index contributed by atoms with van der Waals surface area (Å²) in [6.07, 6.45) is 6.32. The van der Waals surface area contributed by atoms with Crippen molar-refractivity contribution in [3.8, 4) is 0 Å². The van der Waals surface area contributed by atoms with Gasteiger partial charge in [0, 0.05) is 18.3 Å². The summed E-state index contributed by atoms with van der Waals surface area (Å²) in [6, 6.07) is 0. The highest BCUT2D eigenvalue weighted by atomic mass is 16.1. The van der Waals surface area contributed by atoms with Crippen LogP contribution in [0, 0.1) is 17.8 Å². The van der Waals surface area contributed by atoms with Crippen LogP contribution in [0.25, 0.3) is 0 Å². The second-order valence-corrected chi connectivity index (χ2v) is 3.26. The Morgan fingerprint density at radius 3 is 3.18 bits per heavy atom. The Bertz CT molecular complexity index is 230. The summed E-state index contributed by atoms with van der Waals surface area (Å²) in [4.78, 5) is 21.4. The number of fused-ring (bicyclic) bond motifs is 1. The molecule has 0 radical (unpaired) electrons. The third-order valence-electron chi connectivity index (χ3n) is 2.77. The van der Waals surface area contributed by atoms with E-state index in [2.05, 4.69) is 6.08 Å². The highest BCUT2D eigenvalue weighted by Crippen LogP contribution is 2.45. The van der Waals surface area contributed by atoms with Crippen molar-refractivity contribution in [2.75, 3.05) is 0 Å². The van der Waals surface area contributed by atoms with E-state index in [1.165, 1.54) is 0 Å². The van der Waals surface area contributed by atoms with E-state index in [1.807, 2.05) is 6.08 Å². The van der Waals surface area contributed by atoms with E-state index in [1.54, 1.807) is 0 Å². The summed E-state index contributed by atoms with van der Waals surface area (Å²) in [6.45, 7) is 0. The Kier molecular flexibility index (Phi) is 1.41. The lowest BCUT2D eigenvalue weighted by molar-refractivity contribution is -0.140. The van der Waals surface area contributed by atoms with E-state index in [0.717, 1.165) is 12.7 Å². The van der Waals surface area contributed by atoms with Gasteiger partial charge in [0.1, 0.15) is 12.1 Å². The number of aldehydes is 1. The van der Waals surface area contributed by atoms with Gasteiger partial charge in [0.15, 0.2) is 0 Å². The van der Waals surface area contributed by atoms with E-state index in [9.17, 15) is 9.59 Å². The quantitative estimate of drug-likeness (QED) is 0.434. The Hall–Kier alpha value is -0.920. The Balaban J connectivity index is 2.06. The van der Waals surface area contributed by atoms with Gasteiger partial charge in [-0.25, -0.2) is 0 Å². The van der Waals surface area contributed by atoms with Gasteiger partial charge < -0.3 is 4.79 Å². The smallest absolute Gasteiger partial charge is 0.143 e. The highest BCUT2D eigenvalue weighted by Gasteiger charge is 2.48. The average molecular weight is 150 g/mol. The number of carbonyl (C=O) groups excluding carboxylic acids is 2. The molecule has 0 aromatic rings. The maximum atomic E-state index is 11.2. The Morgan fingerprint density at radius 1 is 1.64 bits per heavy atom. The molecule has 1 saturated carbocycles. The Morgan fingerprint density at radius 2 is 2.45 bits per heavy atom. The molecule has 2 aliphatic carbocycles. The first-order valence-corrected chi connectivity index (χ1v) is 3.98. The summed E-state index contributed by atoms with van der Waals surface area (Å²) in [5.74, 6) is 0.955. The standard InChI is InChI=1S/C9H10O2/c10-5-4-8-6-2-1-3-7(6)9(8)11/h1,3,5-8H,2,4H2/t6-,7+,8+/m1/s1. The third kappa shape index (κ3) is 0.785. The molecule has 58 valence electrons. The van der Waals surface area contributed by atoms with Crippen molar-refractivity contribution in [3.63, 3.8) is 0 Å². The van der Waals surface area contributed by atoms with Gasteiger partial charge in [-0.3, -0.25) is 4.79 Å². The van der Waals surface area contributed by atoms with Crippen molar-refractivity contribution >= 4 is 12.1 Å². The lowest BCUT2D eigenvalue weighted by Crippen LogP contribution is -2.44. The minimum Gasteiger partial charge on any atom is -0.303 e. The monoisotopic (exact) mass is 150 g/mol. The zero-order valence-electron chi connectivity index (χ0n) is 6.19. The average Bonchev–Trinajstić information content (AvgIpc) is 2.44. The van der Waals surface area contributed by atoms with Gasteiger partial charge in [0.05, 0.1) is 0 Å². The maximum absolute atomic E-state index is 11.2. The molecule has 11 heavy (non-hydrogen) atoms. The zero-order valence-corrected chi connectivity index (χ0v) is 6.19. The summed E-state index contributed by atoms with van der Waals surface area (Å²) in [5.41, 5.74) is 0. The Labute approximate surface area is 65.3 Å². The number of allylic oxidation sites excluding steroid dienone is 2. The van der Waals surface area contributed by atoms with Crippen LogP contribution in [-0.2, 0) is 9.59 Å². The minimum atomic E-state index is 0.0486. The first kappa shape index (κ1) is 6.77. The molecule has 2 nitrogen and oxygen atoms in total. The lowest BCUT2D eigenvalue weighted by Gasteiger charge is -2.37. The van der Waals surface area contributed by atoms with Crippen LogP contribution in [-0.4, -0.2) is 12.1 Å². The first-order valence-electron chi connectivity index (χ1n) is 3.98. The van der Waals surface area contributed by atoms with Gasteiger partial charge >= 0.3 is 0 Å². The van der Waals surface area contributed by atoms with Crippen LogP contribution >= 0.6 is 0 Å². The second kappa shape index (κ2) is 2.29. The van der Waals surface area contributed by atoms with Crippen LogP contribution in [0.3, 0.4) is 0 Å². The fourth-order valence-electron chi connectivity index (χ4n) is 2.13. The molecule has 0 aromatic heterocycles. The number of carbonyl (C=O) groups is 2. The normalized spacial score (nSPS) is 40.0. The predicted molar refractivity (Wildman–Crippen MR) is 39.9 cm³/mol. The predicted octanol–water partition coefficient (Wildman–Crippen LogP) is 0.967. The molecule has 0 heterocycles. The van der Waals surface area contributed by atoms with Crippen LogP contribution in [0.5, 0.6) is 0 Å². The van der Waals surface area contributed by atoms with Crippen molar-refractivity contribution in [2.24, 2.45) is 17.8 Å². The van der Waals surface area contributed by atoms with E-state index in [0.29, 0.717) is 12.3 Å². The fraction of sp³-hybridized carbons (Fsp3) is 0.556. The van der Waals surface area contributed by atoms with Crippen molar-refractivity contribution in [1.29, 1.82) is 0 Å². The fourth-order valence-corrected chi connectivity index (χ4v) is 2.13. The third-order valence-corrected chi connectivity index (χ3v) is 2.77. The molecule has 0 saturated heterocycles. The van der Waals surface area contributed by atoms with Crippen LogP contribution in [0.15, 0.2) is 12.2 Å². The molecular weight excluding hydrogens is 140 g/mol. The first-order chi connectivity index (χ1) is 5.34. The molecule has 1 fully saturated rings. The summed E-state index contributed by atoms with van der Waals surface area (Å²) in [5, 5.41) is 0. The van der Waals surface area contributed by atoms with Crippen molar-refractivity contribution in [3.05, 3.63) is 12.2 Å². The molecule has 0 aromatic carbocycles. The molecule has 0 spiro atoms. The molecule has 3 atom stereocenters. The van der Waals surface area contributed by atoms with Crippen LogP contribution in [0.1, 0.15) is 12.8 Å². The SMILES string of the molecule is O=CC[C@@H]1C(=O)[C@H]2C=CC[C@H]21. The number of ketones is 1. The van der Waals surface area contributed by atoms with Crippen LogP contribution < -0.4 is 0 Å². The van der Waals surface area contributed by atoms with Gasteiger partial charge in [-0.05, 0) is 12.3 Å². The maximum Gasteiger partial charge on any atom is 0.143 e. The molecule has 2 rings (SSSR count). The molecule has 0 aliphatic heterocycles. The van der Waals surface area contributed by atoms with Gasteiger partial charge in [0.2, 0.25) is 0 Å². The van der Waals surface area contributed by atoms with Gasteiger partial charge in [-0.2, -0.15) is 0 Å². The van der Waals surface area contributed by atoms with Crippen LogP contribution in [0.2, 0.25) is 0 Å². The molecule has 0 bridgehead atoms. The molecule has 0 amide bonds. The van der Waals surface area contributed by atoms with Gasteiger partial charge in [-0.1, -0.05) is 12.2 Å². The van der Waals surface area contributed by atoms with Crippen LogP contribution in [0.4, 0.5) is 0 Å². The van der Waals surface area contributed by atoms with Gasteiger partial charge in [0.25, 0.3) is 0 Å². The molecular formula is C9H10O2. The zero-order chi connectivity index (χ0) is 7.84. The second-order valence-electron chi connectivity index (χ2n) is 3.26. The van der Waals surface area contributed by atoms with E-state index < -0.39 is 0 Å². The van der Waals surface area contributed by atoms with E-state index in [-0.39, 0.29) is 17.6 Å². The highest BCUT2D eigenvalue weighted by molar-refractivity contribution is 5.93. The molecule has 2 heteroatoms. The lowest BCUT2D eigenvalue weighted by atomic mass is 9.64.